The number of ketones is 1. The van der Waals surface area contributed by atoms with Crippen molar-refractivity contribution in [2.45, 2.75) is 0 Å². The van der Waals surface area contributed by atoms with E-state index in [-0.39, 0.29) is 44.4 Å². The molecule has 0 aromatic heterocycles. The van der Waals surface area contributed by atoms with E-state index in [2.05, 4.69) is 21.2 Å². The number of alkyl halides is 1. The van der Waals surface area contributed by atoms with E-state index in [1.165, 1.54) is 39.5 Å². The van der Waals surface area contributed by atoms with Crippen molar-refractivity contribution in [3.8, 4) is 17.2 Å². The average molecular weight is 461 g/mol. The first kappa shape index (κ1) is 21.0. The molecule has 2 aromatic carbocycles. The smallest absolute Gasteiger partial charge is 0.235 e. The zero-order chi connectivity index (χ0) is 20.1. The van der Waals surface area contributed by atoms with Gasteiger partial charge in [-0.1, -0.05) is 27.5 Å². The Morgan fingerprint density at radius 2 is 1.74 bits per heavy atom. The van der Waals surface area contributed by atoms with Gasteiger partial charge in [-0.3, -0.25) is 9.59 Å². The number of carbonyl (C=O) groups excluding carboxylic acids is 2. The highest BCUT2D eigenvalue weighted by Crippen LogP contribution is 2.46. The number of hydrogen-bond acceptors (Lipinski definition) is 5. The van der Waals surface area contributed by atoms with Crippen molar-refractivity contribution in [1.29, 1.82) is 0 Å². The Kier molecular flexibility index (Phi) is 7.04. The van der Waals surface area contributed by atoms with Crippen LogP contribution in [0, 0.1) is 5.82 Å². The largest absolute Gasteiger partial charge is 0.493 e. The number of anilines is 1. The number of methoxy groups -OCH3 is 3. The Bertz CT molecular complexity index is 891. The Morgan fingerprint density at radius 1 is 1.07 bits per heavy atom. The summed E-state index contributed by atoms with van der Waals surface area (Å²) < 4.78 is 30.1. The molecule has 0 bridgehead atoms. The van der Waals surface area contributed by atoms with Crippen LogP contribution in [0.2, 0.25) is 5.02 Å². The lowest BCUT2D eigenvalue weighted by molar-refractivity contribution is -0.113. The number of halogens is 3. The van der Waals surface area contributed by atoms with Gasteiger partial charge in [0.1, 0.15) is 5.82 Å². The molecule has 144 valence electrons. The first-order chi connectivity index (χ1) is 12.9. The highest BCUT2D eigenvalue weighted by molar-refractivity contribution is 9.09. The van der Waals surface area contributed by atoms with Crippen molar-refractivity contribution in [2.24, 2.45) is 0 Å². The summed E-state index contributed by atoms with van der Waals surface area (Å²) in [6, 6.07) is 4.97. The van der Waals surface area contributed by atoms with Crippen LogP contribution >= 0.6 is 27.5 Å². The Morgan fingerprint density at radius 3 is 2.30 bits per heavy atom. The molecule has 2 aromatic rings. The second kappa shape index (κ2) is 9.05. The van der Waals surface area contributed by atoms with E-state index in [1.54, 1.807) is 0 Å². The van der Waals surface area contributed by atoms with Gasteiger partial charge in [0.2, 0.25) is 11.7 Å². The summed E-state index contributed by atoms with van der Waals surface area (Å²) in [5.41, 5.74) is -0.268. The van der Waals surface area contributed by atoms with E-state index in [0.717, 1.165) is 6.07 Å². The molecule has 0 atom stereocenters. The number of carbonyl (C=O) groups is 2. The average Bonchev–Trinajstić information content (AvgIpc) is 2.68. The number of rotatable bonds is 7. The maximum atomic E-state index is 14.2. The molecule has 6 nitrogen and oxygen atoms in total. The third kappa shape index (κ3) is 4.33. The summed E-state index contributed by atoms with van der Waals surface area (Å²) in [7, 11) is 4.10. The summed E-state index contributed by atoms with van der Waals surface area (Å²) in [5, 5.41) is 2.74. The molecule has 0 spiro atoms. The molecule has 0 radical (unpaired) electrons. The van der Waals surface area contributed by atoms with E-state index in [0.29, 0.717) is 0 Å². The van der Waals surface area contributed by atoms with Gasteiger partial charge in [-0.25, -0.2) is 4.39 Å². The molecule has 0 saturated carbocycles. The van der Waals surface area contributed by atoms with Gasteiger partial charge in [0.15, 0.2) is 17.3 Å². The molecule has 0 aliphatic rings. The number of benzene rings is 2. The number of hydrogen-bond donors (Lipinski definition) is 1. The zero-order valence-corrected chi connectivity index (χ0v) is 17.0. The number of nitrogens with one attached hydrogen (secondary N) is 1. The molecule has 1 N–H and O–H groups in total. The molecule has 9 heteroatoms. The van der Waals surface area contributed by atoms with Gasteiger partial charge in [0.25, 0.3) is 0 Å². The van der Waals surface area contributed by atoms with Crippen molar-refractivity contribution in [3.63, 3.8) is 0 Å². The maximum absolute atomic E-state index is 14.2. The first-order valence-electron chi connectivity index (χ1n) is 7.56. The van der Waals surface area contributed by atoms with Crippen LogP contribution in [0.3, 0.4) is 0 Å². The minimum absolute atomic E-state index is 0.0242. The van der Waals surface area contributed by atoms with E-state index in [1.807, 2.05) is 0 Å². The summed E-state index contributed by atoms with van der Waals surface area (Å²) >= 11 is 8.93. The minimum Gasteiger partial charge on any atom is -0.493 e. The lowest BCUT2D eigenvalue weighted by Gasteiger charge is -2.19. The summed E-state index contributed by atoms with van der Waals surface area (Å²) in [4.78, 5) is 25.0. The van der Waals surface area contributed by atoms with Gasteiger partial charge in [0, 0.05) is 5.02 Å². The molecule has 27 heavy (non-hydrogen) atoms. The van der Waals surface area contributed by atoms with Crippen LogP contribution in [0.5, 0.6) is 17.2 Å². The molecule has 1 amide bonds. The summed E-state index contributed by atoms with van der Waals surface area (Å²) in [6.07, 6.45) is 0. The molecular weight excluding hydrogens is 445 g/mol. The van der Waals surface area contributed by atoms with E-state index in [4.69, 9.17) is 25.8 Å². The third-order valence-electron chi connectivity index (χ3n) is 3.63. The fourth-order valence-corrected chi connectivity index (χ4v) is 2.76. The molecule has 0 heterocycles. The lowest BCUT2D eigenvalue weighted by Crippen LogP contribution is -2.18. The van der Waals surface area contributed by atoms with Crippen molar-refractivity contribution in [3.05, 3.63) is 46.2 Å². The van der Waals surface area contributed by atoms with E-state index in [9.17, 15) is 14.0 Å². The second-order valence-corrected chi connectivity index (χ2v) is 6.20. The highest BCUT2D eigenvalue weighted by Gasteiger charge is 2.27. The first-order valence-corrected chi connectivity index (χ1v) is 9.06. The normalized spacial score (nSPS) is 10.3. The van der Waals surface area contributed by atoms with Crippen LogP contribution in [-0.2, 0) is 4.79 Å². The lowest BCUT2D eigenvalue weighted by atomic mass is 9.99. The van der Waals surface area contributed by atoms with Gasteiger partial charge < -0.3 is 19.5 Å². The molecule has 0 aliphatic carbocycles. The van der Waals surface area contributed by atoms with Crippen molar-refractivity contribution in [2.75, 3.05) is 32.0 Å². The molecule has 0 aliphatic heterocycles. The van der Waals surface area contributed by atoms with Crippen molar-refractivity contribution < 1.29 is 28.2 Å². The topological polar surface area (TPSA) is 73.9 Å². The molecular formula is C18H16BrClFNO5. The standard InChI is InChI=1S/C18H16BrClFNO5/c1-25-13-7-11(16(24)10-6-9(20)4-5-12(10)21)15(22-14(23)8-19)18(27-3)17(13)26-2/h4-7H,8H2,1-3H3,(H,22,23). The molecule has 0 fully saturated rings. The monoisotopic (exact) mass is 459 g/mol. The summed E-state index contributed by atoms with van der Waals surface area (Å²) in [6.45, 7) is 0. The third-order valence-corrected chi connectivity index (χ3v) is 4.38. The Labute approximate surface area is 168 Å². The zero-order valence-electron chi connectivity index (χ0n) is 14.7. The van der Waals surface area contributed by atoms with Crippen LogP contribution in [0.4, 0.5) is 10.1 Å². The molecule has 0 unspecified atom stereocenters. The Balaban J connectivity index is 2.77. The fraction of sp³-hybridized carbons (Fsp3) is 0.222. The van der Waals surface area contributed by atoms with E-state index < -0.39 is 17.5 Å². The van der Waals surface area contributed by atoms with Crippen molar-refractivity contribution >= 4 is 44.9 Å². The van der Waals surface area contributed by atoms with E-state index >= 15 is 0 Å². The predicted molar refractivity (Wildman–Crippen MR) is 103 cm³/mol. The fourth-order valence-electron chi connectivity index (χ4n) is 2.45. The highest BCUT2D eigenvalue weighted by atomic mass is 79.9. The van der Waals surface area contributed by atoms with Crippen LogP contribution in [0.1, 0.15) is 15.9 Å². The van der Waals surface area contributed by atoms with Gasteiger partial charge in [-0.2, -0.15) is 0 Å². The van der Waals surface area contributed by atoms with Crippen LogP contribution < -0.4 is 19.5 Å². The van der Waals surface area contributed by atoms with Gasteiger partial charge in [0.05, 0.1) is 43.5 Å². The number of ether oxygens (including phenoxy) is 3. The molecule has 2 rings (SSSR count). The summed E-state index contributed by atoms with van der Waals surface area (Å²) in [5.74, 6) is -1.49. The SMILES string of the molecule is COc1cc(C(=O)c2cc(Cl)ccc2F)c(NC(=O)CBr)c(OC)c1OC. The quantitative estimate of drug-likeness (QED) is 0.498. The van der Waals surface area contributed by atoms with Gasteiger partial charge in [-0.15, -0.1) is 0 Å². The van der Waals surface area contributed by atoms with Gasteiger partial charge in [-0.05, 0) is 24.3 Å². The van der Waals surface area contributed by atoms with Crippen LogP contribution in [0.25, 0.3) is 0 Å². The van der Waals surface area contributed by atoms with Crippen LogP contribution in [0.15, 0.2) is 24.3 Å². The van der Waals surface area contributed by atoms with Crippen LogP contribution in [-0.4, -0.2) is 38.3 Å². The molecule has 0 saturated heterocycles. The minimum atomic E-state index is -0.754. The second-order valence-electron chi connectivity index (χ2n) is 5.20. The Hall–Kier alpha value is -2.32. The number of amides is 1. The maximum Gasteiger partial charge on any atom is 0.235 e. The van der Waals surface area contributed by atoms with Crippen molar-refractivity contribution in [1.82, 2.24) is 0 Å². The predicted octanol–water partition coefficient (Wildman–Crippen LogP) is 4.07. The van der Waals surface area contributed by atoms with Gasteiger partial charge >= 0.3 is 0 Å².